The van der Waals surface area contributed by atoms with Gasteiger partial charge >= 0.3 is 0 Å². The molecule has 0 atom stereocenters. The summed E-state index contributed by atoms with van der Waals surface area (Å²) in [7, 11) is 0. The van der Waals surface area contributed by atoms with Gasteiger partial charge in [-0.15, -0.1) is 0 Å². The molecule has 0 fully saturated rings. The summed E-state index contributed by atoms with van der Waals surface area (Å²) < 4.78 is 6.07. The van der Waals surface area contributed by atoms with Crippen LogP contribution in [-0.2, 0) is 13.2 Å². The maximum atomic E-state index is 9.81. The van der Waals surface area contributed by atoms with Crippen molar-refractivity contribution >= 4 is 21.5 Å². The molecule has 118 valence electrons. The van der Waals surface area contributed by atoms with Crippen LogP contribution in [-0.4, -0.2) is 5.11 Å². The van der Waals surface area contributed by atoms with Gasteiger partial charge in [0.2, 0.25) is 0 Å². The number of ether oxygens (including phenoxy) is 1. The molecule has 0 aliphatic rings. The summed E-state index contributed by atoms with van der Waals surface area (Å²) in [5.41, 5.74) is 1.98. The van der Waals surface area contributed by atoms with E-state index in [1.165, 1.54) is 10.8 Å². The van der Waals surface area contributed by atoms with Crippen molar-refractivity contribution in [1.29, 1.82) is 0 Å². The fraction of sp³-hybridized carbons (Fsp3) is 0.0909. The molecule has 4 aromatic carbocycles. The van der Waals surface area contributed by atoms with Gasteiger partial charge in [0.05, 0.1) is 6.61 Å². The molecule has 24 heavy (non-hydrogen) atoms. The Morgan fingerprint density at radius 3 is 2.12 bits per heavy atom. The van der Waals surface area contributed by atoms with Gasteiger partial charge in [-0.3, -0.25) is 0 Å². The zero-order valence-corrected chi connectivity index (χ0v) is 13.3. The molecule has 0 aliphatic heterocycles. The molecular formula is C22H18O2. The van der Waals surface area contributed by atoms with Crippen molar-refractivity contribution in [3.05, 3.63) is 90.0 Å². The summed E-state index contributed by atoms with van der Waals surface area (Å²) in [5, 5.41) is 14.4. The van der Waals surface area contributed by atoms with Crippen LogP contribution >= 0.6 is 0 Å². The van der Waals surface area contributed by atoms with Gasteiger partial charge in [0.15, 0.2) is 0 Å². The fourth-order valence-electron chi connectivity index (χ4n) is 3.19. The summed E-state index contributed by atoms with van der Waals surface area (Å²) in [6, 6.07) is 26.6. The Bertz CT molecular complexity index is 1000. The van der Waals surface area contributed by atoms with E-state index in [4.69, 9.17) is 4.74 Å². The predicted molar refractivity (Wildman–Crippen MR) is 98.2 cm³/mol. The lowest BCUT2D eigenvalue weighted by Crippen LogP contribution is -2.00. The average molecular weight is 314 g/mol. The first kappa shape index (κ1) is 14.7. The van der Waals surface area contributed by atoms with Crippen LogP contribution in [0, 0.1) is 0 Å². The van der Waals surface area contributed by atoms with E-state index in [2.05, 4.69) is 24.3 Å². The highest BCUT2D eigenvalue weighted by Crippen LogP contribution is 2.29. The van der Waals surface area contributed by atoms with Gasteiger partial charge in [0.25, 0.3) is 0 Å². The molecule has 0 heterocycles. The monoisotopic (exact) mass is 314 g/mol. The minimum absolute atomic E-state index is 0.0355. The van der Waals surface area contributed by atoms with Crippen molar-refractivity contribution in [1.82, 2.24) is 0 Å². The standard InChI is InChI=1S/C22H18O2/c23-14-21-20-11-4-2-7-17(20)12-13-22(21)24-15-18-9-5-8-16-6-1-3-10-19(16)18/h1-13,23H,14-15H2. The highest BCUT2D eigenvalue weighted by Gasteiger charge is 2.09. The summed E-state index contributed by atoms with van der Waals surface area (Å²) in [6.07, 6.45) is 0. The molecule has 0 saturated carbocycles. The number of aliphatic hydroxyl groups is 1. The molecular weight excluding hydrogens is 296 g/mol. The van der Waals surface area contributed by atoms with Crippen LogP contribution in [0.15, 0.2) is 78.9 Å². The Morgan fingerprint density at radius 2 is 1.33 bits per heavy atom. The van der Waals surface area contributed by atoms with Crippen LogP contribution in [0.5, 0.6) is 5.75 Å². The molecule has 0 bridgehead atoms. The zero-order valence-electron chi connectivity index (χ0n) is 13.3. The predicted octanol–water partition coefficient (Wildman–Crippen LogP) is 5.06. The molecule has 0 amide bonds. The number of hydrogen-bond donors (Lipinski definition) is 1. The maximum Gasteiger partial charge on any atom is 0.125 e. The average Bonchev–Trinajstić information content (AvgIpc) is 2.65. The number of hydrogen-bond acceptors (Lipinski definition) is 2. The third kappa shape index (κ3) is 2.61. The second kappa shape index (κ2) is 6.34. The molecule has 0 aliphatic carbocycles. The second-order valence-electron chi connectivity index (χ2n) is 5.85. The maximum absolute atomic E-state index is 9.81. The summed E-state index contributed by atoms with van der Waals surface area (Å²) in [6.45, 7) is 0.443. The third-order valence-electron chi connectivity index (χ3n) is 4.42. The van der Waals surface area contributed by atoms with E-state index in [0.717, 1.165) is 27.6 Å². The van der Waals surface area contributed by atoms with Gasteiger partial charge in [-0.1, -0.05) is 72.8 Å². The third-order valence-corrected chi connectivity index (χ3v) is 4.42. The van der Waals surface area contributed by atoms with E-state index in [1.54, 1.807) is 0 Å². The lowest BCUT2D eigenvalue weighted by Gasteiger charge is -2.14. The van der Waals surface area contributed by atoms with Crippen molar-refractivity contribution in [2.75, 3.05) is 0 Å². The molecule has 0 unspecified atom stereocenters. The molecule has 0 spiro atoms. The van der Waals surface area contributed by atoms with Gasteiger partial charge in [-0.2, -0.15) is 0 Å². The number of aliphatic hydroxyl groups excluding tert-OH is 1. The summed E-state index contributed by atoms with van der Waals surface area (Å²) >= 11 is 0. The van der Waals surface area contributed by atoms with Crippen LogP contribution in [0.1, 0.15) is 11.1 Å². The van der Waals surface area contributed by atoms with E-state index < -0.39 is 0 Å². The van der Waals surface area contributed by atoms with Crippen molar-refractivity contribution in [2.24, 2.45) is 0 Å². The minimum Gasteiger partial charge on any atom is -0.488 e. The Balaban J connectivity index is 1.69. The SMILES string of the molecule is OCc1c(OCc2cccc3ccccc23)ccc2ccccc12. The van der Waals surface area contributed by atoms with Gasteiger partial charge in [0, 0.05) is 5.56 Å². The molecule has 0 radical (unpaired) electrons. The van der Waals surface area contributed by atoms with Gasteiger partial charge in [0.1, 0.15) is 12.4 Å². The fourth-order valence-corrected chi connectivity index (χ4v) is 3.19. The lowest BCUT2D eigenvalue weighted by molar-refractivity contribution is 0.261. The first-order chi connectivity index (χ1) is 11.9. The molecule has 2 nitrogen and oxygen atoms in total. The smallest absolute Gasteiger partial charge is 0.125 e. The Labute approximate surface area is 140 Å². The first-order valence-corrected chi connectivity index (χ1v) is 8.08. The number of rotatable bonds is 4. The van der Waals surface area contributed by atoms with E-state index in [-0.39, 0.29) is 6.61 Å². The van der Waals surface area contributed by atoms with Crippen LogP contribution in [0.2, 0.25) is 0 Å². The van der Waals surface area contributed by atoms with Crippen LogP contribution in [0.25, 0.3) is 21.5 Å². The van der Waals surface area contributed by atoms with Crippen molar-refractivity contribution in [2.45, 2.75) is 13.2 Å². The Morgan fingerprint density at radius 1 is 0.667 bits per heavy atom. The normalized spacial score (nSPS) is 11.0. The van der Waals surface area contributed by atoms with Gasteiger partial charge in [-0.25, -0.2) is 0 Å². The van der Waals surface area contributed by atoms with Crippen LogP contribution in [0.3, 0.4) is 0 Å². The molecule has 2 heteroatoms. The topological polar surface area (TPSA) is 29.5 Å². The molecule has 4 rings (SSSR count). The van der Waals surface area contributed by atoms with Crippen molar-refractivity contribution in [3.8, 4) is 5.75 Å². The van der Waals surface area contributed by atoms with Gasteiger partial charge < -0.3 is 9.84 Å². The number of benzene rings is 4. The number of fused-ring (bicyclic) bond motifs is 2. The first-order valence-electron chi connectivity index (χ1n) is 8.08. The quantitative estimate of drug-likeness (QED) is 0.570. The second-order valence-corrected chi connectivity index (χ2v) is 5.85. The van der Waals surface area contributed by atoms with Crippen molar-refractivity contribution < 1.29 is 9.84 Å². The Hall–Kier alpha value is -2.84. The molecule has 0 saturated heterocycles. The summed E-state index contributed by atoms with van der Waals surface area (Å²) in [5.74, 6) is 0.740. The highest BCUT2D eigenvalue weighted by atomic mass is 16.5. The molecule has 1 N–H and O–H groups in total. The van der Waals surface area contributed by atoms with E-state index in [0.29, 0.717) is 6.61 Å². The highest BCUT2D eigenvalue weighted by molar-refractivity contribution is 5.88. The summed E-state index contributed by atoms with van der Waals surface area (Å²) in [4.78, 5) is 0. The van der Waals surface area contributed by atoms with Gasteiger partial charge in [-0.05, 0) is 33.2 Å². The van der Waals surface area contributed by atoms with E-state index in [1.807, 2.05) is 54.6 Å². The zero-order chi connectivity index (χ0) is 16.4. The van der Waals surface area contributed by atoms with E-state index in [9.17, 15) is 5.11 Å². The molecule has 4 aromatic rings. The van der Waals surface area contributed by atoms with E-state index >= 15 is 0 Å². The largest absolute Gasteiger partial charge is 0.488 e. The van der Waals surface area contributed by atoms with Crippen LogP contribution in [0.4, 0.5) is 0 Å². The Kier molecular flexibility index (Phi) is 3.89. The molecule has 0 aromatic heterocycles. The lowest BCUT2D eigenvalue weighted by atomic mass is 10.0. The minimum atomic E-state index is -0.0355. The van der Waals surface area contributed by atoms with Crippen molar-refractivity contribution in [3.63, 3.8) is 0 Å². The van der Waals surface area contributed by atoms with Crippen LogP contribution < -0.4 is 4.74 Å².